The summed E-state index contributed by atoms with van der Waals surface area (Å²) in [5.41, 5.74) is 0.726. The van der Waals surface area contributed by atoms with Gasteiger partial charge < -0.3 is 14.8 Å². The number of nitrogens with one attached hydrogen (secondary N) is 1. The van der Waals surface area contributed by atoms with Crippen LogP contribution in [-0.4, -0.2) is 64.4 Å². The zero-order chi connectivity index (χ0) is 16.7. The van der Waals surface area contributed by atoms with Crippen molar-refractivity contribution in [3.8, 4) is 0 Å². The molecular formula is C17H26N4O2. The fraction of sp³-hybridized carbons (Fsp3) is 0.647. The quantitative estimate of drug-likeness (QED) is 0.892. The largest absolute Gasteiger partial charge is 0.358 e. The molecule has 126 valence electrons. The average Bonchev–Trinajstić information content (AvgIpc) is 3.18. The molecule has 2 amide bonds. The first-order chi connectivity index (χ1) is 10.9. The first-order valence-corrected chi connectivity index (χ1v) is 8.33. The second-order valence-electron chi connectivity index (χ2n) is 6.95. The van der Waals surface area contributed by atoms with E-state index >= 15 is 0 Å². The van der Waals surface area contributed by atoms with Crippen molar-refractivity contribution in [3.05, 3.63) is 24.0 Å². The fourth-order valence-corrected chi connectivity index (χ4v) is 4.23. The number of aryl methyl sites for hydroxylation is 1. The standard InChI is InChI=1S/C17H26N4O2/c1-11(2)21-14(16(22)18-3)8-12-9-20(10-15(12)21)17(23)13-6-5-7-19(13)4/h5-7,11-12,14-15H,8-10H2,1-4H3,(H,18,22)/t12-,14-,15+/m0/s1. The summed E-state index contributed by atoms with van der Waals surface area (Å²) >= 11 is 0. The second kappa shape index (κ2) is 6.00. The lowest BCUT2D eigenvalue weighted by molar-refractivity contribution is -0.126. The van der Waals surface area contributed by atoms with E-state index < -0.39 is 0 Å². The normalized spacial score (nSPS) is 27.5. The lowest BCUT2D eigenvalue weighted by Crippen LogP contribution is -2.50. The maximum Gasteiger partial charge on any atom is 0.270 e. The van der Waals surface area contributed by atoms with Gasteiger partial charge in [0.15, 0.2) is 0 Å². The molecule has 0 unspecified atom stereocenters. The Balaban J connectivity index is 1.76. The van der Waals surface area contributed by atoms with Gasteiger partial charge in [-0.1, -0.05) is 0 Å². The molecule has 0 aliphatic carbocycles. The highest BCUT2D eigenvalue weighted by Crippen LogP contribution is 2.37. The zero-order valence-corrected chi connectivity index (χ0v) is 14.3. The summed E-state index contributed by atoms with van der Waals surface area (Å²) < 4.78 is 1.87. The van der Waals surface area contributed by atoms with Gasteiger partial charge in [0, 0.05) is 45.5 Å². The Hall–Kier alpha value is -1.82. The van der Waals surface area contributed by atoms with E-state index in [0.29, 0.717) is 12.5 Å². The van der Waals surface area contributed by atoms with E-state index in [0.717, 1.165) is 18.7 Å². The monoisotopic (exact) mass is 318 g/mol. The summed E-state index contributed by atoms with van der Waals surface area (Å²) in [5, 5.41) is 2.78. The van der Waals surface area contributed by atoms with Gasteiger partial charge in [-0.2, -0.15) is 0 Å². The highest BCUT2D eigenvalue weighted by molar-refractivity contribution is 5.93. The number of hydrogen-bond donors (Lipinski definition) is 1. The molecule has 1 aromatic heterocycles. The highest BCUT2D eigenvalue weighted by Gasteiger charge is 2.50. The van der Waals surface area contributed by atoms with Crippen LogP contribution in [0, 0.1) is 5.92 Å². The van der Waals surface area contributed by atoms with E-state index in [1.165, 1.54) is 0 Å². The number of carbonyl (C=O) groups excluding carboxylic acids is 2. The van der Waals surface area contributed by atoms with Gasteiger partial charge in [-0.05, 0) is 38.3 Å². The van der Waals surface area contributed by atoms with Crippen molar-refractivity contribution in [2.24, 2.45) is 13.0 Å². The van der Waals surface area contributed by atoms with E-state index in [1.54, 1.807) is 7.05 Å². The van der Waals surface area contributed by atoms with Crippen LogP contribution in [0.1, 0.15) is 30.8 Å². The van der Waals surface area contributed by atoms with Crippen molar-refractivity contribution in [1.82, 2.24) is 19.7 Å². The minimum atomic E-state index is -0.0673. The summed E-state index contributed by atoms with van der Waals surface area (Å²) in [6.45, 7) is 5.70. The predicted octanol–water partition coefficient (Wildman–Crippen LogP) is 0.694. The van der Waals surface area contributed by atoms with Crippen molar-refractivity contribution >= 4 is 11.8 Å². The maximum atomic E-state index is 12.7. The number of likely N-dealkylation sites (N-methyl/N-ethyl adjacent to an activating group) is 1. The third kappa shape index (κ3) is 2.65. The Bertz CT molecular complexity index is 609. The van der Waals surface area contributed by atoms with Gasteiger partial charge in [0.1, 0.15) is 5.69 Å². The van der Waals surface area contributed by atoms with Gasteiger partial charge in [0.25, 0.3) is 5.91 Å². The smallest absolute Gasteiger partial charge is 0.270 e. The number of nitrogens with zero attached hydrogens (tertiary/aromatic N) is 3. The maximum absolute atomic E-state index is 12.7. The first-order valence-electron chi connectivity index (χ1n) is 8.33. The van der Waals surface area contributed by atoms with Gasteiger partial charge in [-0.3, -0.25) is 14.5 Å². The molecule has 6 nitrogen and oxygen atoms in total. The number of fused-ring (bicyclic) bond motifs is 1. The van der Waals surface area contributed by atoms with Crippen molar-refractivity contribution in [2.75, 3.05) is 20.1 Å². The lowest BCUT2D eigenvalue weighted by Gasteiger charge is -2.33. The Kier molecular flexibility index (Phi) is 4.19. The molecule has 6 heteroatoms. The van der Waals surface area contributed by atoms with Gasteiger partial charge in [0.05, 0.1) is 6.04 Å². The van der Waals surface area contributed by atoms with Crippen LogP contribution in [0.25, 0.3) is 0 Å². The van der Waals surface area contributed by atoms with Crippen LogP contribution in [0.4, 0.5) is 0 Å². The molecule has 3 atom stereocenters. The van der Waals surface area contributed by atoms with Crippen LogP contribution in [0.5, 0.6) is 0 Å². The molecule has 0 bridgehead atoms. The van der Waals surface area contributed by atoms with Gasteiger partial charge >= 0.3 is 0 Å². The molecule has 1 N–H and O–H groups in total. The molecule has 2 aliphatic rings. The molecule has 0 saturated carbocycles. The first kappa shape index (κ1) is 16.1. The average molecular weight is 318 g/mol. The summed E-state index contributed by atoms with van der Waals surface area (Å²) in [6.07, 6.45) is 2.73. The Morgan fingerprint density at radius 3 is 2.61 bits per heavy atom. The number of likely N-dealkylation sites (tertiary alicyclic amines) is 2. The van der Waals surface area contributed by atoms with Crippen molar-refractivity contribution < 1.29 is 9.59 Å². The van der Waals surface area contributed by atoms with E-state index in [-0.39, 0.29) is 29.9 Å². The van der Waals surface area contributed by atoms with E-state index in [4.69, 9.17) is 0 Å². The molecule has 2 aliphatic heterocycles. The van der Waals surface area contributed by atoms with Crippen molar-refractivity contribution in [2.45, 2.75) is 38.4 Å². The predicted molar refractivity (Wildman–Crippen MR) is 88.0 cm³/mol. The van der Waals surface area contributed by atoms with E-state index in [9.17, 15) is 9.59 Å². The molecule has 0 radical (unpaired) electrons. The van der Waals surface area contributed by atoms with Crippen LogP contribution in [0.15, 0.2) is 18.3 Å². The highest BCUT2D eigenvalue weighted by atomic mass is 16.2. The van der Waals surface area contributed by atoms with E-state index in [2.05, 4.69) is 24.1 Å². The zero-order valence-electron chi connectivity index (χ0n) is 14.3. The molecule has 3 rings (SSSR count). The summed E-state index contributed by atoms with van der Waals surface area (Å²) in [6, 6.07) is 4.26. The van der Waals surface area contributed by atoms with Crippen molar-refractivity contribution in [3.63, 3.8) is 0 Å². The number of hydrogen-bond acceptors (Lipinski definition) is 3. The Morgan fingerprint density at radius 1 is 1.30 bits per heavy atom. The van der Waals surface area contributed by atoms with Crippen molar-refractivity contribution in [1.29, 1.82) is 0 Å². The van der Waals surface area contributed by atoms with Crippen LogP contribution < -0.4 is 5.32 Å². The van der Waals surface area contributed by atoms with Crippen LogP contribution in [-0.2, 0) is 11.8 Å². The van der Waals surface area contributed by atoms with Crippen LogP contribution in [0.3, 0.4) is 0 Å². The van der Waals surface area contributed by atoms with Gasteiger partial charge in [-0.25, -0.2) is 0 Å². The molecule has 2 saturated heterocycles. The minimum absolute atomic E-state index is 0.0673. The Labute approximate surface area is 137 Å². The lowest BCUT2D eigenvalue weighted by atomic mass is 10.0. The van der Waals surface area contributed by atoms with Gasteiger partial charge in [-0.15, -0.1) is 0 Å². The number of rotatable bonds is 3. The molecule has 0 spiro atoms. The summed E-state index contributed by atoms with van der Waals surface area (Å²) in [5.74, 6) is 0.560. The SMILES string of the molecule is CNC(=O)[C@@H]1C[C@H]2CN(C(=O)c3cccn3C)C[C@H]2N1C(C)C. The number of aromatic nitrogens is 1. The molecule has 3 heterocycles. The molecule has 23 heavy (non-hydrogen) atoms. The second-order valence-corrected chi connectivity index (χ2v) is 6.95. The Morgan fingerprint density at radius 2 is 2.04 bits per heavy atom. The molecule has 0 aromatic carbocycles. The number of amides is 2. The summed E-state index contributed by atoms with van der Waals surface area (Å²) in [7, 11) is 3.59. The van der Waals surface area contributed by atoms with Gasteiger partial charge in [0.2, 0.25) is 5.91 Å². The third-order valence-electron chi connectivity index (χ3n) is 5.27. The molecule has 2 fully saturated rings. The minimum Gasteiger partial charge on any atom is -0.358 e. The van der Waals surface area contributed by atoms with Crippen LogP contribution in [0.2, 0.25) is 0 Å². The molecular weight excluding hydrogens is 292 g/mol. The third-order valence-corrected chi connectivity index (χ3v) is 5.27. The molecule has 1 aromatic rings. The fourth-order valence-electron chi connectivity index (χ4n) is 4.23. The summed E-state index contributed by atoms with van der Waals surface area (Å²) in [4.78, 5) is 29.1. The topological polar surface area (TPSA) is 57.6 Å². The van der Waals surface area contributed by atoms with Crippen LogP contribution >= 0.6 is 0 Å². The number of carbonyl (C=O) groups is 2. The van der Waals surface area contributed by atoms with E-state index in [1.807, 2.05) is 34.8 Å².